The Morgan fingerprint density at radius 3 is 2.72 bits per heavy atom. The molecule has 0 saturated heterocycles. The largest absolute Gasteiger partial charge is 0.320 e. The molecule has 0 radical (unpaired) electrons. The van der Waals surface area contributed by atoms with Crippen LogP contribution in [-0.4, -0.2) is 13.6 Å². The molecule has 0 aliphatic rings. The minimum absolute atomic E-state index is 0.423. The first-order valence-corrected chi connectivity index (χ1v) is 7.60. The third-order valence-electron chi connectivity index (χ3n) is 3.68. The maximum absolute atomic E-state index is 3.25. The topological polar surface area (TPSA) is 12.0 Å². The van der Waals surface area contributed by atoms with Crippen LogP contribution >= 0.6 is 11.3 Å². The van der Waals surface area contributed by atoms with E-state index >= 15 is 0 Å². The summed E-state index contributed by atoms with van der Waals surface area (Å²) in [6.45, 7) is 5.86. The molecular formula is C16H23NS. The zero-order valence-corrected chi connectivity index (χ0v) is 12.4. The molecule has 0 fully saturated rings. The summed E-state index contributed by atoms with van der Waals surface area (Å²) >= 11 is 1.87. The third kappa shape index (κ3) is 3.33. The van der Waals surface area contributed by atoms with E-state index in [4.69, 9.17) is 0 Å². The summed E-state index contributed by atoms with van der Waals surface area (Å²) in [4.78, 5) is 0. The van der Waals surface area contributed by atoms with E-state index in [-0.39, 0.29) is 0 Å². The molecule has 1 N–H and O–H groups in total. The normalized spacial score (nSPS) is 12.2. The van der Waals surface area contributed by atoms with Gasteiger partial charge in [-0.15, -0.1) is 11.3 Å². The van der Waals surface area contributed by atoms with Gasteiger partial charge in [-0.3, -0.25) is 0 Å². The molecule has 0 amide bonds. The summed E-state index contributed by atoms with van der Waals surface area (Å²) in [7, 11) is 2.03. The molecule has 98 valence electrons. The van der Waals surface area contributed by atoms with Gasteiger partial charge in [-0.1, -0.05) is 32.0 Å². The first kappa shape index (κ1) is 13.6. The summed E-state index contributed by atoms with van der Waals surface area (Å²) in [5.74, 6) is 0. The van der Waals surface area contributed by atoms with Crippen LogP contribution in [0.3, 0.4) is 0 Å². The lowest BCUT2D eigenvalue weighted by molar-refractivity contribution is 0.306. The summed E-state index contributed by atoms with van der Waals surface area (Å²) in [6, 6.07) is 8.74. The molecule has 0 spiro atoms. The number of fused-ring (bicyclic) bond motifs is 1. The van der Waals surface area contributed by atoms with Crippen molar-refractivity contribution in [2.24, 2.45) is 5.41 Å². The monoisotopic (exact) mass is 261 g/mol. The van der Waals surface area contributed by atoms with Crippen LogP contribution in [0.2, 0.25) is 0 Å². The van der Waals surface area contributed by atoms with Gasteiger partial charge in [0.25, 0.3) is 0 Å². The fraction of sp³-hybridized carbons (Fsp3) is 0.500. The highest BCUT2D eigenvalue weighted by Gasteiger charge is 2.17. The highest BCUT2D eigenvalue weighted by Crippen LogP contribution is 2.31. The highest BCUT2D eigenvalue weighted by atomic mass is 32.1. The quantitative estimate of drug-likeness (QED) is 0.809. The Hall–Kier alpha value is -0.860. The lowest BCUT2D eigenvalue weighted by Gasteiger charge is -2.24. The van der Waals surface area contributed by atoms with E-state index in [1.54, 1.807) is 0 Å². The second-order valence-corrected chi connectivity index (χ2v) is 6.69. The van der Waals surface area contributed by atoms with Crippen LogP contribution in [0.1, 0.15) is 32.3 Å². The summed E-state index contributed by atoms with van der Waals surface area (Å²) in [5.41, 5.74) is 1.94. The first-order chi connectivity index (χ1) is 8.62. The lowest BCUT2D eigenvalue weighted by atomic mass is 9.83. The molecule has 1 heterocycles. The average Bonchev–Trinajstić information content (AvgIpc) is 2.78. The minimum atomic E-state index is 0.423. The molecule has 1 aromatic carbocycles. The van der Waals surface area contributed by atoms with Gasteiger partial charge in [0.2, 0.25) is 0 Å². The Labute approximate surface area is 114 Å². The van der Waals surface area contributed by atoms with Crippen molar-refractivity contribution in [3.63, 3.8) is 0 Å². The Bertz CT molecular complexity index is 499. The SMILES string of the molecule is CNCCC(C)(C)CCc1csc2ccccc12. The van der Waals surface area contributed by atoms with E-state index in [9.17, 15) is 0 Å². The van der Waals surface area contributed by atoms with Crippen LogP contribution in [0.25, 0.3) is 10.1 Å². The maximum atomic E-state index is 3.25. The average molecular weight is 261 g/mol. The van der Waals surface area contributed by atoms with E-state index < -0.39 is 0 Å². The summed E-state index contributed by atoms with van der Waals surface area (Å²) in [6.07, 6.45) is 3.70. The predicted octanol–water partition coefficient (Wildman–Crippen LogP) is 4.47. The smallest absolute Gasteiger partial charge is 0.0345 e. The van der Waals surface area contributed by atoms with Crippen LogP contribution < -0.4 is 5.32 Å². The zero-order valence-electron chi connectivity index (χ0n) is 11.6. The molecular weight excluding hydrogens is 238 g/mol. The standard InChI is InChI=1S/C16H23NS/c1-16(2,10-11-17-3)9-8-13-12-18-15-7-5-4-6-14(13)15/h4-7,12,17H,8-11H2,1-3H3. The summed E-state index contributed by atoms with van der Waals surface area (Å²) in [5, 5.41) is 7.03. The zero-order chi connectivity index (χ0) is 13.0. The Morgan fingerprint density at radius 1 is 1.17 bits per heavy atom. The maximum Gasteiger partial charge on any atom is 0.0345 e. The van der Waals surface area contributed by atoms with Gasteiger partial charge >= 0.3 is 0 Å². The summed E-state index contributed by atoms with van der Waals surface area (Å²) < 4.78 is 1.42. The highest BCUT2D eigenvalue weighted by molar-refractivity contribution is 7.17. The molecule has 0 unspecified atom stereocenters. The van der Waals surface area contributed by atoms with E-state index in [0.717, 1.165) is 6.54 Å². The van der Waals surface area contributed by atoms with Crippen LogP contribution in [-0.2, 0) is 6.42 Å². The van der Waals surface area contributed by atoms with Crippen LogP contribution in [0.15, 0.2) is 29.6 Å². The first-order valence-electron chi connectivity index (χ1n) is 6.72. The van der Waals surface area contributed by atoms with E-state index in [0.29, 0.717) is 5.41 Å². The van der Waals surface area contributed by atoms with Gasteiger partial charge in [0.05, 0.1) is 0 Å². The van der Waals surface area contributed by atoms with Crippen molar-refractivity contribution in [1.82, 2.24) is 5.32 Å². The van der Waals surface area contributed by atoms with Crippen LogP contribution in [0.5, 0.6) is 0 Å². The Morgan fingerprint density at radius 2 is 1.94 bits per heavy atom. The van der Waals surface area contributed by atoms with Gasteiger partial charge in [-0.2, -0.15) is 0 Å². The molecule has 2 aromatic rings. The molecule has 0 saturated carbocycles. The number of nitrogens with one attached hydrogen (secondary N) is 1. The van der Waals surface area contributed by atoms with Gasteiger partial charge in [0, 0.05) is 4.70 Å². The molecule has 2 rings (SSSR count). The molecule has 0 atom stereocenters. The van der Waals surface area contributed by atoms with E-state index in [1.165, 1.54) is 34.9 Å². The second kappa shape index (κ2) is 5.85. The van der Waals surface area contributed by atoms with Gasteiger partial charge in [0.1, 0.15) is 0 Å². The number of rotatable bonds is 6. The lowest BCUT2D eigenvalue weighted by Crippen LogP contribution is -2.20. The van der Waals surface area contributed by atoms with Gasteiger partial charge in [-0.05, 0) is 60.7 Å². The van der Waals surface area contributed by atoms with Gasteiger partial charge in [0.15, 0.2) is 0 Å². The van der Waals surface area contributed by atoms with E-state index in [1.807, 2.05) is 18.4 Å². The number of hydrogen-bond donors (Lipinski definition) is 1. The third-order valence-corrected chi connectivity index (χ3v) is 4.70. The second-order valence-electron chi connectivity index (χ2n) is 5.77. The van der Waals surface area contributed by atoms with Crippen molar-refractivity contribution < 1.29 is 0 Å². The van der Waals surface area contributed by atoms with Gasteiger partial charge in [-0.25, -0.2) is 0 Å². The minimum Gasteiger partial charge on any atom is -0.320 e. The van der Waals surface area contributed by atoms with Crippen molar-refractivity contribution in [3.8, 4) is 0 Å². The number of aryl methyl sites for hydroxylation is 1. The molecule has 1 aromatic heterocycles. The van der Waals surface area contributed by atoms with Crippen molar-refractivity contribution in [2.75, 3.05) is 13.6 Å². The Kier molecular flexibility index (Phi) is 4.41. The fourth-order valence-electron chi connectivity index (χ4n) is 2.29. The molecule has 0 aliphatic heterocycles. The molecule has 2 heteroatoms. The molecule has 0 aliphatic carbocycles. The fourth-order valence-corrected chi connectivity index (χ4v) is 3.29. The number of benzene rings is 1. The van der Waals surface area contributed by atoms with Gasteiger partial charge < -0.3 is 5.32 Å². The van der Waals surface area contributed by atoms with Crippen molar-refractivity contribution in [3.05, 3.63) is 35.2 Å². The van der Waals surface area contributed by atoms with Crippen molar-refractivity contribution >= 4 is 21.4 Å². The van der Waals surface area contributed by atoms with E-state index in [2.05, 4.69) is 48.8 Å². The van der Waals surface area contributed by atoms with Crippen LogP contribution in [0.4, 0.5) is 0 Å². The predicted molar refractivity (Wildman–Crippen MR) is 82.5 cm³/mol. The number of hydrogen-bond acceptors (Lipinski definition) is 2. The molecule has 0 bridgehead atoms. The Balaban J connectivity index is 2.01. The molecule has 1 nitrogen and oxygen atoms in total. The van der Waals surface area contributed by atoms with Crippen molar-refractivity contribution in [1.29, 1.82) is 0 Å². The number of thiophene rings is 1. The molecule has 18 heavy (non-hydrogen) atoms. The van der Waals surface area contributed by atoms with Crippen LogP contribution in [0, 0.1) is 5.41 Å². The van der Waals surface area contributed by atoms with Crippen molar-refractivity contribution in [2.45, 2.75) is 33.1 Å².